The summed E-state index contributed by atoms with van der Waals surface area (Å²) in [6.45, 7) is 6.69. The molecule has 0 heterocycles. The highest BCUT2D eigenvalue weighted by atomic mass is 16.1. The number of carbonyl (C=O) groups is 2. The third-order valence-corrected chi connectivity index (χ3v) is 8.27. The van der Waals surface area contributed by atoms with Gasteiger partial charge in [-0.25, -0.2) is 0 Å². The Morgan fingerprint density at radius 1 is 1.12 bits per heavy atom. The molecule has 0 unspecified atom stereocenters. The number of hydrogen-bond donors (Lipinski definition) is 0. The molecule has 0 N–H and O–H groups in total. The maximum Gasteiger partial charge on any atom is 0.156 e. The van der Waals surface area contributed by atoms with Crippen molar-refractivity contribution in [1.29, 1.82) is 0 Å². The Bertz CT molecular complexity index is 667. The van der Waals surface area contributed by atoms with Gasteiger partial charge < -0.3 is 0 Å². The van der Waals surface area contributed by atoms with Gasteiger partial charge in [0.1, 0.15) is 5.78 Å². The molecule has 2 heteroatoms. The molecule has 0 aromatic rings. The summed E-state index contributed by atoms with van der Waals surface area (Å²) >= 11 is 0. The van der Waals surface area contributed by atoms with E-state index in [1.807, 2.05) is 13.0 Å². The second-order valence-corrected chi connectivity index (χ2v) is 8.96. The van der Waals surface area contributed by atoms with Crippen molar-refractivity contribution in [3.8, 4) is 0 Å². The summed E-state index contributed by atoms with van der Waals surface area (Å²) in [4.78, 5) is 24.5. The van der Waals surface area contributed by atoms with Crippen molar-refractivity contribution >= 4 is 11.6 Å². The Labute approximate surface area is 145 Å². The fourth-order valence-electron chi connectivity index (χ4n) is 6.65. The monoisotopic (exact) mass is 326 g/mol. The van der Waals surface area contributed by atoms with Crippen LogP contribution in [0.2, 0.25) is 0 Å². The zero-order valence-electron chi connectivity index (χ0n) is 15.4. The summed E-state index contributed by atoms with van der Waals surface area (Å²) in [7, 11) is 0. The molecule has 0 aromatic heterocycles. The molecule has 4 atom stereocenters. The Hall–Kier alpha value is -1.18. The second kappa shape index (κ2) is 5.41. The quantitative estimate of drug-likeness (QED) is 0.701. The lowest BCUT2D eigenvalue weighted by Crippen LogP contribution is -2.47. The fourth-order valence-corrected chi connectivity index (χ4v) is 6.65. The van der Waals surface area contributed by atoms with E-state index in [2.05, 4.69) is 13.8 Å². The Morgan fingerprint density at radius 3 is 2.67 bits per heavy atom. The molecule has 0 spiro atoms. The van der Waals surface area contributed by atoms with Crippen LogP contribution in [0.5, 0.6) is 0 Å². The fraction of sp³-hybridized carbons (Fsp3) is 0.727. The van der Waals surface area contributed by atoms with Crippen molar-refractivity contribution in [3.05, 3.63) is 22.8 Å². The standard InChI is InChI=1S/C22H30O2/c1-4-20(24)22(3)12-10-19-18-7-5-14-13-15(23)6-8-16(14)17(18)9-11-21(19,22)2/h13,18-19H,4-12H2,1-3H3/t18-,19+,21-,22+/m1/s1. The van der Waals surface area contributed by atoms with Crippen LogP contribution in [0.3, 0.4) is 0 Å². The van der Waals surface area contributed by atoms with Crippen molar-refractivity contribution in [2.24, 2.45) is 22.7 Å². The molecule has 0 amide bonds. The molecule has 0 aromatic carbocycles. The highest BCUT2D eigenvalue weighted by Gasteiger charge is 2.61. The van der Waals surface area contributed by atoms with E-state index in [9.17, 15) is 9.59 Å². The summed E-state index contributed by atoms with van der Waals surface area (Å²) in [6.07, 6.45) is 11.1. The van der Waals surface area contributed by atoms with Crippen molar-refractivity contribution < 1.29 is 9.59 Å². The number of Topliss-reactive ketones (excluding diaryl/α,β-unsaturated/α-hetero) is 1. The van der Waals surface area contributed by atoms with Gasteiger partial charge in [0.05, 0.1) is 0 Å². The molecule has 2 saturated carbocycles. The van der Waals surface area contributed by atoms with Crippen LogP contribution in [0.15, 0.2) is 22.8 Å². The number of allylic oxidation sites excluding steroid dienone is 4. The van der Waals surface area contributed by atoms with E-state index < -0.39 is 0 Å². The van der Waals surface area contributed by atoms with E-state index in [1.165, 1.54) is 24.0 Å². The van der Waals surface area contributed by atoms with Gasteiger partial charge in [-0.3, -0.25) is 9.59 Å². The Balaban J connectivity index is 1.72. The molecule has 0 radical (unpaired) electrons. The normalized spacial score (nSPS) is 41.5. The first kappa shape index (κ1) is 16.3. The first-order chi connectivity index (χ1) is 11.4. The number of ketones is 2. The van der Waals surface area contributed by atoms with Crippen molar-refractivity contribution in [1.82, 2.24) is 0 Å². The van der Waals surface area contributed by atoms with Crippen LogP contribution >= 0.6 is 0 Å². The minimum absolute atomic E-state index is 0.124. The van der Waals surface area contributed by atoms with Gasteiger partial charge in [-0.1, -0.05) is 26.3 Å². The zero-order chi connectivity index (χ0) is 17.1. The summed E-state index contributed by atoms with van der Waals surface area (Å²) in [5.74, 6) is 2.11. The van der Waals surface area contributed by atoms with E-state index >= 15 is 0 Å². The van der Waals surface area contributed by atoms with E-state index in [0.29, 0.717) is 36.2 Å². The van der Waals surface area contributed by atoms with Gasteiger partial charge in [-0.05, 0) is 79.4 Å². The van der Waals surface area contributed by atoms with Crippen LogP contribution in [0.1, 0.15) is 78.6 Å². The van der Waals surface area contributed by atoms with Crippen molar-refractivity contribution in [3.63, 3.8) is 0 Å². The average molecular weight is 326 g/mol. The van der Waals surface area contributed by atoms with Gasteiger partial charge in [0.15, 0.2) is 5.78 Å². The maximum absolute atomic E-state index is 12.8. The lowest BCUT2D eigenvalue weighted by atomic mass is 9.51. The van der Waals surface area contributed by atoms with Crippen LogP contribution in [0, 0.1) is 22.7 Å². The van der Waals surface area contributed by atoms with Crippen molar-refractivity contribution in [2.45, 2.75) is 78.6 Å². The average Bonchev–Trinajstić information content (AvgIpc) is 2.86. The lowest BCUT2D eigenvalue weighted by Gasteiger charge is -2.52. The SMILES string of the molecule is CCC(=O)[C@]1(C)CC[C@H]2[C@@H]3CCC4=CC(=O)CCC4=C3CC[C@]21C. The Kier molecular flexibility index (Phi) is 3.67. The molecule has 0 bridgehead atoms. The van der Waals surface area contributed by atoms with Crippen LogP contribution < -0.4 is 0 Å². The largest absolute Gasteiger partial charge is 0.299 e. The third-order valence-electron chi connectivity index (χ3n) is 8.27. The van der Waals surface area contributed by atoms with E-state index in [4.69, 9.17) is 0 Å². The number of rotatable bonds is 2. The van der Waals surface area contributed by atoms with E-state index in [0.717, 1.165) is 32.1 Å². The molecule has 2 nitrogen and oxygen atoms in total. The summed E-state index contributed by atoms with van der Waals surface area (Å²) in [6, 6.07) is 0. The summed E-state index contributed by atoms with van der Waals surface area (Å²) < 4.78 is 0. The first-order valence-corrected chi connectivity index (χ1v) is 9.89. The lowest BCUT2D eigenvalue weighted by molar-refractivity contribution is -0.136. The maximum atomic E-state index is 12.8. The predicted octanol–water partition coefficient (Wildman–Crippen LogP) is 5.18. The highest BCUT2D eigenvalue weighted by Crippen LogP contribution is 2.67. The van der Waals surface area contributed by atoms with E-state index in [-0.39, 0.29) is 10.8 Å². The topological polar surface area (TPSA) is 34.1 Å². The van der Waals surface area contributed by atoms with Gasteiger partial charge >= 0.3 is 0 Å². The number of carbonyl (C=O) groups excluding carboxylic acids is 2. The number of fused-ring (bicyclic) bond motifs is 4. The molecular weight excluding hydrogens is 296 g/mol. The zero-order valence-corrected chi connectivity index (χ0v) is 15.4. The number of hydrogen-bond acceptors (Lipinski definition) is 2. The molecule has 4 aliphatic rings. The Morgan fingerprint density at radius 2 is 1.92 bits per heavy atom. The van der Waals surface area contributed by atoms with Gasteiger partial charge in [0.25, 0.3) is 0 Å². The summed E-state index contributed by atoms with van der Waals surface area (Å²) in [5, 5.41) is 0. The molecule has 0 aliphatic heterocycles. The second-order valence-electron chi connectivity index (χ2n) is 8.96. The summed E-state index contributed by atoms with van der Waals surface area (Å²) in [5.41, 5.74) is 4.58. The molecule has 4 rings (SSSR count). The molecular formula is C22H30O2. The molecule has 24 heavy (non-hydrogen) atoms. The highest BCUT2D eigenvalue weighted by molar-refractivity contribution is 5.93. The molecule has 130 valence electrons. The van der Waals surface area contributed by atoms with Crippen molar-refractivity contribution in [2.75, 3.05) is 0 Å². The molecule has 0 saturated heterocycles. The smallest absolute Gasteiger partial charge is 0.156 e. The van der Waals surface area contributed by atoms with Crippen LogP contribution in [0.4, 0.5) is 0 Å². The van der Waals surface area contributed by atoms with Crippen LogP contribution in [-0.2, 0) is 9.59 Å². The van der Waals surface area contributed by atoms with Gasteiger partial charge in [-0.15, -0.1) is 0 Å². The van der Waals surface area contributed by atoms with E-state index in [1.54, 1.807) is 5.57 Å². The van der Waals surface area contributed by atoms with Gasteiger partial charge in [-0.2, -0.15) is 0 Å². The molecule has 4 aliphatic carbocycles. The minimum atomic E-state index is -0.124. The minimum Gasteiger partial charge on any atom is -0.299 e. The predicted molar refractivity (Wildman–Crippen MR) is 95.5 cm³/mol. The van der Waals surface area contributed by atoms with Crippen LogP contribution in [0.25, 0.3) is 0 Å². The third kappa shape index (κ3) is 2.01. The van der Waals surface area contributed by atoms with Gasteiger partial charge in [0, 0.05) is 18.3 Å². The van der Waals surface area contributed by atoms with Gasteiger partial charge in [0.2, 0.25) is 0 Å². The molecule has 2 fully saturated rings. The van der Waals surface area contributed by atoms with Crippen LogP contribution in [-0.4, -0.2) is 11.6 Å². The first-order valence-electron chi connectivity index (χ1n) is 9.89.